The summed E-state index contributed by atoms with van der Waals surface area (Å²) in [6, 6.07) is -4.42. The molecule has 7 N–H and O–H groups in total. The molecule has 1 fully saturated rings. The molecule has 0 aliphatic carbocycles. The minimum atomic E-state index is -1.39. The highest BCUT2D eigenvalue weighted by atomic mass is 32.1. The molecule has 1 aliphatic rings. The number of rotatable bonds is 10. The number of aliphatic carboxylic acids is 1. The molecule has 0 bridgehead atoms. The number of nitrogens with two attached hydrogens (primary N) is 2. The van der Waals surface area contributed by atoms with Crippen molar-refractivity contribution in [1.29, 1.82) is 0 Å². The maximum Gasteiger partial charge on any atom is 0.327 e. The van der Waals surface area contributed by atoms with Gasteiger partial charge < -0.3 is 32.1 Å². The Bertz CT molecular complexity index is 634. The van der Waals surface area contributed by atoms with Crippen molar-refractivity contribution in [3.8, 4) is 0 Å². The van der Waals surface area contributed by atoms with Crippen molar-refractivity contribution in [2.24, 2.45) is 11.5 Å². The number of carbonyl (C=O) groups excluding carboxylic acids is 4. The molecule has 0 aromatic heterocycles. The van der Waals surface area contributed by atoms with E-state index in [-0.39, 0.29) is 11.5 Å². The molecule has 1 heterocycles. The Balaban J connectivity index is 2.88. The van der Waals surface area contributed by atoms with E-state index in [0.717, 1.165) is 0 Å². The largest absolute Gasteiger partial charge is 0.480 e. The lowest BCUT2D eigenvalue weighted by Gasteiger charge is -2.28. The number of nitrogens with one attached hydrogen (secondary N) is 2. The number of carboxylic acids is 1. The third-order valence-electron chi connectivity index (χ3n) is 4.19. The van der Waals surface area contributed by atoms with Crippen molar-refractivity contribution < 1.29 is 29.1 Å². The molecule has 0 aromatic carbocycles. The normalized spacial score (nSPS) is 19.4. The van der Waals surface area contributed by atoms with Gasteiger partial charge in [-0.05, 0) is 12.8 Å². The van der Waals surface area contributed by atoms with Crippen LogP contribution in [0.1, 0.15) is 19.3 Å². The number of nitrogens with zero attached hydrogens (tertiary/aromatic N) is 1. The zero-order valence-corrected chi connectivity index (χ0v) is 16.8. The highest BCUT2D eigenvalue weighted by molar-refractivity contribution is 7.80. The van der Waals surface area contributed by atoms with Gasteiger partial charge in [-0.25, -0.2) is 4.79 Å². The van der Waals surface area contributed by atoms with Crippen LogP contribution < -0.4 is 22.1 Å². The maximum atomic E-state index is 12.6. The monoisotopic (exact) mass is 435 g/mol. The summed E-state index contributed by atoms with van der Waals surface area (Å²) in [6.45, 7) is 0.325. The third kappa shape index (κ3) is 6.56. The lowest BCUT2D eigenvalue weighted by molar-refractivity contribution is -0.142. The van der Waals surface area contributed by atoms with Crippen molar-refractivity contribution >= 4 is 54.9 Å². The van der Waals surface area contributed by atoms with Gasteiger partial charge in [0.05, 0.1) is 12.5 Å². The molecular weight excluding hydrogens is 410 g/mol. The first-order valence-electron chi connectivity index (χ1n) is 8.52. The Morgan fingerprint density at radius 2 is 1.75 bits per heavy atom. The second kappa shape index (κ2) is 11.1. The molecular formula is C15H25N5O6S2. The fourth-order valence-corrected chi connectivity index (χ4v) is 3.13. The lowest BCUT2D eigenvalue weighted by atomic mass is 10.1. The molecule has 1 saturated heterocycles. The van der Waals surface area contributed by atoms with E-state index >= 15 is 0 Å². The minimum absolute atomic E-state index is 0.108. The summed E-state index contributed by atoms with van der Waals surface area (Å²) in [7, 11) is 0. The fraction of sp³-hybridized carbons (Fsp3) is 0.667. The molecule has 13 heteroatoms. The molecule has 11 nitrogen and oxygen atoms in total. The van der Waals surface area contributed by atoms with E-state index in [4.69, 9.17) is 16.6 Å². The number of likely N-dealkylation sites (tertiary alicyclic amines) is 1. The summed E-state index contributed by atoms with van der Waals surface area (Å²) < 4.78 is 0. The van der Waals surface area contributed by atoms with Crippen molar-refractivity contribution in [1.82, 2.24) is 15.5 Å². The van der Waals surface area contributed by atoms with Crippen LogP contribution in [0.25, 0.3) is 0 Å². The number of thiol groups is 2. The first kappa shape index (κ1) is 24.0. The Morgan fingerprint density at radius 1 is 1.11 bits per heavy atom. The van der Waals surface area contributed by atoms with Crippen LogP contribution in [0.4, 0.5) is 0 Å². The van der Waals surface area contributed by atoms with Gasteiger partial charge in [-0.1, -0.05) is 0 Å². The highest BCUT2D eigenvalue weighted by Crippen LogP contribution is 2.19. The van der Waals surface area contributed by atoms with Crippen LogP contribution in [0.5, 0.6) is 0 Å². The van der Waals surface area contributed by atoms with Crippen molar-refractivity contribution in [2.75, 3.05) is 18.1 Å². The van der Waals surface area contributed by atoms with Gasteiger partial charge in [0, 0.05) is 18.1 Å². The fourth-order valence-electron chi connectivity index (χ4n) is 2.73. The van der Waals surface area contributed by atoms with Gasteiger partial charge >= 0.3 is 5.97 Å². The summed E-state index contributed by atoms with van der Waals surface area (Å²) in [5.74, 6) is -4.26. The van der Waals surface area contributed by atoms with Gasteiger partial charge in [0.25, 0.3) is 0 Å². The maximum absolute atomic E-state index is 12.6. The van der Waals surface area contributed by atoms with Crippen LogP contribution in [0.3, 0.4) is 0 Å². The van der Waals surface area contributed by atoms with E-state index in [1.165, 1.54) is 4.90 Å². The highest BCUT2D eigenvalue weighted by Gasteiger charge is 2.37. The number of hydrogen-bond acceptors (Lipinski definition) is 8. The Morgan fingerprint density at radius 3 is 2.25 bits per heavy atom. The summed E-state index contributed by atoms with van der Waals surface area (Å²) in [4.78, 5) is 60.9. The first-order chi connectivity index (χ1) is 13.1. The van der Waals surface area contributed by atoms with Crippen LogP contribution >= 0.6 is 25.3 Å². The number of carboxylic acid groups (broad SMARTS) is 1. The van der Waals surface area contributed by atoms with Crippen molar-refractivity contribution in [2.45, 2.75) is 43.4 Å². The molecule has 158 valence electrons. The molecule has 0 saturated carbocycles. The van der Waals surface area contributed by atoms with Crippen molar-refractivity contribution in [3.63, 3.8) is 0 Å². The molecule has 0 spiro atoms. The van der Waals surface area contributed by atoms with E-state index in [1.807, 2.05) is 0 Å². The molecule has 4 amide bonds. The van der Waals surface area contributed by atoms with Crippen molar-refractivity contribution in [3.05, 3.63) is 0 Å². The molecule has 28 heavy (non-hydrogen) atoms. The summed E-state index contributed by atoms with van der Waals surface area (Å²) in [5.41, 5.74) is 10.8. The minimum Gasteiger partial charge on any atom is -0.480 e. The van der Waals surface area contributed by atoms with E-state index in [0.29, 0.717) is 19.4 Å². The summed E-state index contributed by atoms with van der Waals surface area (Å²) in [6.07, 6.45) is 0.389. The van der Waals surface area contributed by atoms with Gasteiger partial charge in [0.15, 0.2) is 0 Å². The van der Waals surface area contributed by atoms with Crippen LogP contribution in [-0.2, 0) is 24.0 Å². The van der Waals surface area contributed by atoms with E-state index in [2.05, 4.69) is 35.9 Å². The van der Waals surface area contributed by atoms with Crippen LogP contribution in [0.15, 0.2) is 0 Å². The van der Waals surface area contributed by atoms with Gasteiger partial charge in [-0.15, -0.1) is 0 Å². The quantitative estimate of drug-likeness (QED) is 0.179. The number of hydrogen-bond donors (Lipinski definition) is 7. The smallest absolute Gasteiger partial charge is 0.327 e. The van der Waals surface area contributed by atoms with E-state index in [1.54, 1.807) is 0 Å². The summed E-state index contributed by atoms with van der Waals surface area (Å²) in [5, 5.41) is 13.6. The average molecular weight is 436 g/mol. The SMILES string of the molecule is NC(=O)CC(NC(=O)C1CCCN1C(=O)C(N)CS)C(=O)NC(CS)C(=O)O. The Hall–Kier alpha value is -1.99. The average Bonchev–Trinajstić information content (AvgIpc) is 3.13. The van der Waals surface area contributed by atoms with Gasteiger partial charge in [-0.2, -0.15) is 25.3 Å². The lowest BCUT2D eigenvalue weighted by Crippen LogP contribution is -2.57. The van der Waals surface area contributed by atoms with Gasteiger partial charge in [0.2, 0.25) is 23.6 Å². The van der Waals surface area contributed by atoms with Gasteiger partial charge in [-0.3, -0.25) is 19.2 Å². The number of amides is 4. The third-order valence-corrected chi connectivity index (χ3v) is 4.95. The first-order valence-corrected chi connectivity index (χ1v) is 9.78. The topological polar surface area (TPSA) is 185 Å². The zero-order chi connectivity index (χ0) is 21.4. The second-order valence-electron chi connectivity index (χ2n) is 6.29. The van der Waals surface area contributed by atoms with E-state index < -0.39 is 60.2 Å². The molecule has 0 radical (unpaired) electrons. The van der Waals surface area contributed by atoms with E-state index in [9.17, 15) is 24.0 Å². The molecule has 4 atom stereocenters. The predicted molar refractivity (Wildman–Crippen MR) is 106 cm³/mol. The molecule has 1 aliphatic heterocycles. The van der Waals surface area contributed by atoms with Crippen LogP contribution in [0, 0.1) is 0 Å². The van der Waals surface area contributed by atoms with Crippen LogP contribution in [-0.4, -0.2) is 81.8 Å². The van der Waals surface area contributed by atoms with Crippen LogP contribution in [0.2, 0.25) is 0 Å². The molecule has 4 unspecified atom stereocenters. The number of primary amides is 1. The zero-order valence-electron chi connectivity index (χ0n) is 15.0. The summed E-state index contributed by atoms with van der Waals surface area (Å²) >= 11 is 7.81. The predicted octanol–water partition coefficient (Wildman–Crippen LogP) is -2.91. The Labute approximate surface area is 172 Å². The van der Waals surface area contributed by atoms with Gasteiger partial charge in [0.1, 0.15) is 18.1 Å². The standard InChI is InChI=1S/C15H25N5O6S2/c16-7(5-27)14(24)20-3-1-2-10(20)13(23)18-8(4-11(17)21)12(22)19-9(6-28)15(25)26/h7-10,27-28H,1-6,16H2,(H2,17,21)(H,18,23)(H,19,22)(H,25,26). The Kier molecular flexibility index (Phi) is 9.55. The second-order valence-corrected chi connectivity index (χ2v) is 7.02. The molecule has 0 aromatic rings. The molecule has 1 rings (SSSR count). The number of carbonyl (C=O) groups is 5.